The molecule has 0 radical (unpaired) electrons. The largest absolute Gasteiger partial charge is 0.497 e. The molecule has 0 saturated carbocycles. The standard InChI is InChI=1S/C18H19N3O3S/c1-23-12-5-6-14(17(10-12)24-2)15-11-16(21-20-15)18(22)19-8-7-13-4-3-9-25-13/h3-6,9-11H,7-8H2,1-2H3,(H,19,22)(H,20,21). The second-order valence-electron chi connectivity index (χ2n) is 5.32. The van der Waals surface area contributed by atoms with Crippen LogP contribution in [0.5, 0.6) is 11.5 Å². The first-order valence-corrected chi connectivity index (χ1v) is 8.67. The zero-order valence-electron chi connectivity index (χ0n) is 14.0. The van der Waals surface area contributed by atoms with Crippen LogP contribution >= 0.6 is 11.3 Å². The van der Waals surface area contributed by atoms with Gasteiger partial charge in [-0.2, -0.15) is 5.10 Å². The number of ether oxygens (including phenoxy) is 2. The van der Waals surface area contributed by atoms with E-state index in [0.29, 0.717) is 29.4 Å². The maximum Gasteiger partial charge on any atom is 0.269 e. The molecule has 0 fully saturated rings. The molecule has 2 heterocycles. The van der Waals surface area contributed by atoms with Gasteiger partial charge in [-0.1, -0.05) is 6.07 Å². The minimum atomic E-state index is -0.178. The Hall–Kier alpha value is -2.80. The lowest BCUT2D eigenvalue weighted by atomic mass is 10.1. The molecule has 6 nitrogen and oxygen atoms in total. The van der Waals surface area contributed by atoms with Crippen LogP contribution in [-0.4, -0.2) is 36.9 Å². The SMILES string of the molecule is COc1ccc(-c2cc(C(=O)NCCc3cccs3)[nH]n2)c(OC)c1. The number of thiophene rings is 1. The summed E-state index contributed by atoms with van der Waals surface area (Å²) in [4.78, 5) is 13.5. The minimum absolute atomic E-state index is 0.178. The summed E-state index contributed by atoms with van der Waals surface area (Å²) in [6, 6.07) is 11.2. The van der Waals surface area contributed by atoms with E-state index >= 15 is 0 Å². The van der Waals surface area contributed by atoms with Crippen LogP contribution in [0, 0.1) is 0 Å². The van der Waals surface area contributed by atoms with E-state index in [4.69, 9.17) is 9.47 Å². The Morgan fingerprint density at radius 2 is 2.12 bits per heavy atom. The van der Waals surface area contributed by atoms with E-state index in [2.05, 4.69) is 21.6 Å². The highest BCUT2D eigenvalue weighted by molar-refractivity contribution is 7.09. The summed E-state index contributed by atoms with van der Waals surface area (Å²) in [6.07, 6.45) is 0.816. The number of carbonyl (C=O) groups is 1. The third kappa shape index (κ3) is 4.00. The average Bonchev–Trinajstić information content (AvgIpc) is 3.33. The van der Waals surface area contributed by atoms with E-state index in [9.17, 15) is 4.79 Å². The Kier molecular flexibility index (Phi) is 5.35. The van der Waals surface area contributed by atoms with Crippen LogP contribution in [-0.2, 0) is 6.42 Å². The Balaban J connectivity index is 1.68. The fourth-order valence-corrected chi connectivity index (χ4v) is 3.14. The van der Waals surface area contributed by atoms with Crippen LogP contribution in [0.1, 0.15) is 15.4 Å². The fourth-order valence-electron chi connectivity index (χ4n) is 2.44. The van der Waals surface area contributed by atoms with Gasteiger partial charge in [0.15, 0.2) is 0 Å². The van der Waals surface area contributed by atoms with Crippen molar-refractivity contribution >= 4 is 17.2 Å². The predicted octanol–water partition coefficient (Wildman–Crippen LogP) is 3.13. The number of rotatable bonds is 7. The first-order valence-electron chi connectivity index (χ1n) is 7.79. The summed E-state index contributed by atoms with van der Waals surface area (Å²) in [7, 11) is 3.19. The van der Waals surface area contributed by atoms with E-state index < -0.39 is 0 Å². The molecule has 1 aromatic carbocycles. The Morgan fingerprint density at radius 1 is 1.24 bits per heavy atom. The smallest absolute Gasteiger partial charge is 0.269 e. The van der Waals surface area contributed by atoms with Crippen LogP contribution in [0.3, 0.4) is 0 Å². The van der Waals surface area contributed by atoms with E-state index in [1.54, 1.807) is 37.7 Å². The summed E-state index contributed by atoms with van der Waals surface area (Å²) >= 11 is 1.68. The third-order valence-corrected chi connectivity index (χ3v) is 4.68. The van der Waals surface area contributed by atoms with Gasteiger partial charge < -0.3 is 14.8 Å². The summed E-state index contributed by atoms with van der Waals surface area (Å²) in [6.45, 7) is 0.583. The van der Waals surface area contributed by atoms with Crippen LogP contribution < -0.4 is 14.8 Å². The Labute approximate surface area is 149 Å². The first-order chi connectivity index (χ1) is 12.2. The minimum Gasteiger partial charge on any atom is -0.497 e. The lowest BCUT2D eigenvalue weighted by molar-refractivity contribution is 0.0949. The van der Waals surface area contributed by atoms with Crippen molar-refractivity contribution in [3.8, 4) is 22.8 Å². The quantitative estimate of drug-likeness (QED) is 0.681. The molecule has 0 aliphatic rings. The molecule has 0 unspecified atom stereocenters. The third-order valence-electron chi connectivity index (χ3n) is 3.74. The average molecular weight is 357 g/mol. The predicted molar refractivity (Wildman–Crippen MR) is 97.5 cm³/mol. The second kappa shape index (κ2) is 7.85. The lowest BCUT2D eigenvalue weighted by Crippen LogP contribution is -2.25. The number of amides is 1. The topological polar surface area (TPSA) is 76.2 Å². The number of aromatic nitrogens is 2. The van der Waals surface area contributed by atoms with E-state index in [1.165, 1.54) is 4.88 Å². The summed E-state index contributed by atoms with van der Waals surface area (Å²) < 4.78 is 10.6. The zero-order chi connectivity index (χ0) is 17.6. The van der Waals surface area contributed by atoms with Crippen molar-refractivity contribution in [2.45, 2.75) is 6.42 Å². The molecule has 0 aliphatic heterocycles. The molecule has 0 spiro atoms. The van der Waals surface area contributed by atoms with E-state index in [0.717, 1.165) is 12.0 Å². The number of hydrogen-bond donors (Lipinski definition) is 2. The van der Waals surface area contributed by atoms with Crippen molar-refractivity contribution in [2.75, 3.05) is 20.8 Å². The van der Waals surface area contributed by atoms with E-state index in [1.807, 2.05) is 23.6 Å². The summed E-state index contributed by atoms with van der Waals surface area (Å²) in [5.41, 5.74) is 1.85. The highest BCUT2D eigenvalue weighted by Crippen LogP contribution is 2.32. The number of nitrogens with zero attached hydrogens (tertiary/aromatic N) is 1. The van der Waals surface area contributed by atoms with Gasteiger partial charge in [0.2, 0.25) is 0 Å². The van der Waals surface area contributed by atoms with Crippen molar-refractivity contribution in [1.82, 2.24) is 15.5 Å². The second-order valence-corrected chi connectivity index (χ2v) is 6.35. The molecule has 0 aliphatic carbocycles. The number of hydrogen-bond acceptors (Lipinski definition) is 5. The van der Waals surface area contributed by atoms with Crippen molar-refractivity contribution in [1.29, 1.82) is 0 Å². The molecule has 2 aromatic heterocycles. The van der Waals surface area contributed by atoms with Gasteiger partial charge in [-0.05, 0) is 36.1 Å². The van der Waals surface area contributed by atoms with Gasteiger partial charge in [0, 0.05) is 23.1 Å². The van der Waals surface area contributed by atoms with Crippen molar-refractivity contribution in [3.63, 3.8) is 0 Å². The number of H-pyrrole nitrogens is 1. The van der Waals surface area contributed by atoms with E-state index in [-0.39, 0.29) is 5.91 Å². The van der Waals surface area contributed by atoms with Crippen molar-refractivity contribution in [3.05, 3.63) is 52.3 Å². The first kappa shape index (κ1) is 17.0. The van der Waals surface area contributed by atoms with Crippen LogP contribution in [0.25, 0.3) is 11.3 Å². The molecule has 1 amide bonds. The molecule has 25 heavy (non-hydrogen) atoms. The number of carbonyl (C=O) groups excluding carboxylic acids is 1. The van der Waals surface area contributed by atoms with Crippen LogP contribution in [0.4, 0.5) is 0 Å². The molecular weight excluding hydrogens is 338 g/mol. The van der Waals surface area contributed by atoms with Gasteiger partial charge in [-0.15, -0.1) is 11.3 Å². The number of nitrogens with one attached hydrogen (secondary N) is 2. The number of methoxy groups -OCH3 is 2. The van der Waals surface area contributed by atoms with Gasteiger partial charge in [0.1, 0.15) is 17.2 Å². The molecule has 3 rings (SSSR count). The highest BCUT2D eigenvalue weighted by atomic mass is 32.1. The van der Waals surface area contributed by atoms with Crippen LogP contribution in [0.2, 0.25) is 0 Å². The van der Waals surface area contributed by atoms with Gasteiger partial charge in [0.05, 0.1) is 19.9 Å². The molecule has 2 N–H and O–H groups in total. The molecule has 3 aromatic rings. The monoisotopic (exact) mass is 357 g/mol. The van der Waals surface area contributed by atoms with Gasteiger partial charge in [-0.3, -0.25) is 9.89 Å². The number of benzene rings is 1. The zero-order valence-corrected chi connectivity index (χ0v) is 14.9. The lowest BCUT2D eigenvalue weighted by Gasteiger charge is -2.08. The molecule has 7 heteroatoms. The highest BCUT2D eigenvalue weighted by Gasteiger charge is 2.14. The molecule has 0 atom stereocenters. The molecule has 130 valence electrons. The maximum absolute atomic E-state index is 12.2. The summed E-state index contributed by atoms with van der Waals surface area (Å²) in [5, 5.41) is 11.9. The van der Waals surface area contributed by atoms with Crippen molar-refractivity contribution in [2.24, 2.45) is 0 Å². The van der Waals surface area contributed by atoms with Gasteiger partial charge in [0.25, 0.3) is 5.91 Å². The maximum atomic E-state index is 12.2. The van der Waals surface area contributed by atoms with Crippen LogP contribution in [0.15, 0.2) is 41.8 Å². The van der Waals surface area contributed by atoms with Gasteiger partial charge >= 0.3 is 0 Å². The Bertz CT molecular complexity index is 843. The Morgan fingerprint density at radius 3 is 2.84 bits per heavy atom. The molecule has 0 bridgehead atoms. The summed E-state index contributed by atoms with van der Waals surface area (Å²) in [5.74, 6) is 1.15. The van der Waals surface area contributed by atoms with Gasteiger partial charge in [-0.25, -0.2) is 0 Å². The number of aromatic amines is 1. The molecular formula is C18H19N3O3S. The van der Waals surface area contributed by atoms with Crippen molar-refractivity contribution < 1.29 is 14.3 Å². The fraction of sp³-hybridized carbons (Fsp3) is 0.222. The normalized spacial score (nSPS) is 10.5. The molecule has 0 saturated heterocycles.